The molecule has 0 aliphatic heterocycles. The molecular weight excluding hydrogens is 260 g/mol. The van der Waals surface area contributed by atoms with Gasteiger partial charge in [0.15, 0.2) is 0 Å². The van der Waals surface area contributed by atoms with E-state index in [4.69, 9.17) is 10.5 Å². The Labute approximate surface area is 96.9 Å². The van der Waals surface area contributed by atoms with Crippen molar-refractivity contribution in [1.82, 2.24) is 5.32 Å². The Kier molecular flexibility index (Phi) is 4.11. The summed E-state index contributed by atoms with van der Waals surface area (Å²) in [6.07, 6.45) is 0. The molecule has 1 aromatic carbocycles. The van der Waals surface area contributed by atoms with E-state index in [0.717, 1.165) is 15.8 Å². The predicted molar refractivity (Wildman–Crippen MR) is 61.7 cm³/mol. The van der Waals surface area contributed by atoms with E-state index >= 15 is 0 Å². The van der Waals surface area contributed by atoms with Crippen molar-refractivity contribution in [2.75, 3.05) is 14.2 Å². The SMILES string of the molecule is CNC(C(N)=O)c1ccc(OC)c(Br)c1. The van der Waals surface area contributed by atoms with Crippen LogP contribution in [0.15, 0.2) is 22.7 Å². The zero-order chi connectivity index (χ0) is 11.4. The third-order valence-electron chi connectivity index (χ3n) is 2.08. The summed E-state index contributed by atoms with van der Waals surface area (Å²) in [6, 6.07) is 4.92. The number of rotatable bonds is 4. The molecule has 0 aliphatic rings. The maximum atomic E-state index is 11.1. The highest BCUT2D eigenvalue weighted by atomic mass is 79.9. The number of amides is 1. The molecule has 15 heavy (non-hydrogen) atoms. The number of hydrogen-bond acceptors (Lipinski definition) is 3. The Hall–Kier alpha value is -1.07. The number of methoxy groups -OCH3 is 1. The summed E-state index contributed by atoms with van der Waals surface area (Å²) in [4.78, 5) is 11.1. The van der Waals surface area contributed by atoms with Gasteiger partial charge in [-0.2, -0.15) is 0 Å². The molecule has 82 valence electrons. The van der Waals surface area contributed by atoms with Crippen molar-refractivity contribution >= 4 is 21.8 Å². The van der Waals surface area contributed by atoms with E-state index in [-0.39, 0.29) is 0 Å². The molecule has 1 rings (SSSR count). The van der Waals surface area contributed by atoms with Crippen LogP contribution < -0.4 is 15.8 Å². The van der Waals surface area contributed by atoms with Gasteiger partial charge >= 0.3 is 0 Å². The van der Waals surface area contributed by atoms with Crippen molar-refractivity contribution in [3.05, 3.63) is 28.2 Å². The van der Waals surface area contributed by atoms with E-state index in [0.29, 0.717) is 0 Å². The molecule has 0 bridgehead atoms. The molecule has 0 heterocycles. The van der Waals surface area contributed by atoms with E-state index in [1.54, 1.807) is 26.3 Å². The number of benzene rings is 1. The fourth-order valence-corrected chi connectivity index (χ4v) is 1.89. The van der Waals surface area contributed by atoms with Crippen LogP contribution >= 0.6 is 15.9 Å². The van der Waals surface area contributed by atoms with Crippen LogP contribution in [0.25, 0.3) is 0 Å². The number of carbonyl (C=O) groups excluding carboxylic acids is 1. The fraction of sp³-hybridized carbons (Fsp3) is 0.300. The minimum absolute atomic E-state index is 0.408. The first-order valence-electron chi connectivity index (χ1n) is 4.40. The molecule has 1 aromatic rings. The average Bonchev–Trinajstić information content (AvgIpc) is 2.18. The molecule has 5 heteroatoms. The van der Waals surface area contributed by atoms with Crippen LogP contribution in [-0.2, 0) is 4.79 Å². The number of primary amides is 1. The van der Waals surface area contributed by atoms with Crippen LogP contribution in [0.2, 0.25) is 0 Å². The Morgan fingerprint density at radius 1 is 1.60 bits per heavy atom. The summed E-state index contributed by atoms with van der Waals surface area (Å²) >= 11 is 3.35. The highest BCUT2D eigenvalue weighted by Gasteiger charge is 2.16. The van der Waals surface area contributed by atoms with Gasteiger partial charge in [-0.1, -0.05) is 6.07 Å². The summed E-state index contributed by atoms with van der Waals surface area (Å²) in [5.41, 5.74) is 6.06. The maximum absolute atomic E-state index is 11.1. The smallest absolute Gasteiger partial charge is 0.239 e. The van der Waals surface area contributed by atoms with Gasteiger partial charge < -0.3 is 15.8 Å². The van der Waals surface area contributed by atoms with Gasteiger partial charge in [-0.15, -0.1) is 0 Å². The average molecular weight is 273 g/mol. The molecule has 0 saturated heterocycles. The molecule has 0 aliphatic carbocycles. The molecule has 1 unspecified atom stereocenters. The van der Waals surface area contributed by atoms with E-state index in [1.807, 2.05) is 6.07 Å². The lowest BCUT2D eigenvalue weighted by atomic mass is 10.1. The van der Waals surface area contributed by atoms with Crippen molar-refractivity contribution in [1.29, 1.82) is 0 Å². The first-order chi connectivity index (χ1) is 7.10. The standard InChI is InChI=1S/C10H13BrN2O2/c1-13-9(10(12)14)6-3-4-8(15-2)7(11)5-6/h3-5,9,13H,1-2H3,(H2,12,14). The largest absolute Gasteiger partial charge is 0.496 e. The molecule has 1 atom stereocenters. The molecule has 0 aromatic heterocycles. The lowest BCUT2D eigenvalue weighted by molar-refractivity contribution is -0.120. The number of carbonyl (C=O) groups is 1. The van der Waals surface area contributed by atoms with Crippen molar-refractivity contribution in [3.63, 3.8) is 0 Å². The number of nitrogens with two attached hydrogens (primary N) is 1. The third-order valence-corrected chi connectivity index (χ3v) is 2.70. The molecule has 0 radical (unpaired) electrons. The molecule has 3 N–H and O–H groups in total. The topological polar surface area (TPSA) is 64.3 Å². The van der Waals surface area contributed by atoms with E-state index < -0.39 is 11.9 Å². The third kappa shape index (κ3) is 2.70. The van der Waals surface area contributed by atoms with Crippen LogP contribution in [0.4, 0.5) is 0 Å². The first-order valence-corrected chi connectivity index (χ1v) is 5.19. The maximum Gasteiger partial charge on any atom is 0.239 e. The van der Waals surface area contributed by atoms with Crippen LogP contribution in [0.1, 0.15) is 11.6 Å². The Balaban J connectivity index is 3.05. The summed E-state index contributed by atoms with van der Waals surface area (Å²) < 4.78 is 5.89. The zero-order valence-electron chi connectivity index (χ0n) is 8.58. The highest BCUT2D eigenvalue weighted by molar-refractivity contribution is 9.10. The number of ether oxygens (including phenoxy) is 1. The van der Waals surface area contributed by atoms with Crippen molar-refractivity contribution < 1.29 is 9.53 Å². The van der Waals surface area contributed by atoms with Gasteiger partial charge in [-0.05, 0) is 40.7 Å². The lowest BCUT2D eigenvalue weighted by Gasteiger charge is -2.13. The van der Waals surface area contributed by atoms with E-state index in [9.17, 15) is 4.79 Å². The molecule has 0 fully saturated rings. The summed E-state index contributed by atoms with van der Waals surface area (Å²) in [5.74, 6) is 0.313. The highest BCUT2D eigenvalue weighted by Crippen LogP contribution is 2.27. The Morgan fingerprint density at radius 3 is 2.67 bits per heavy atom. The number of halogens is 1. The van der Waals surface area contributed by atoms with Gasteiger partial charge in [0.25, 0.3) is 0 Å². The number of hydrogen-bond donors (Lipinski definition) is 2. The second-order valence-electron chi connectivity index (χ2n) is 3.02. The van der Waals surface area contributed by atoms with Gasteiger partial charge in [-0.25, -0.2) is 0 Å². The second-order valence-corrected chi connectivity index (χ2v) is 3.87. The Morgan fingerprint density at radius 2 is 2.27 bits per heavy atom. The monoisotopic (exact) mass is 272 g/mol. The minimum atomic E-state index is -0.479. The van der Waals surface area contributed by atoms with Crippen LogP contribution in [0, 0.1) is 0 Å². The van der Waals surface area contributed by atoms with Crippen LogP contribution in [-0.4, -0.2) is 20.1 Å². The van der Waals surface area contributed by atoms with Gasteiger partial charge in [0.2, 0.25) is 5.91 Å². The number of likely N-dealkylation sites (N-methyl/N-ethyl adjacent to an activating group) is 1. The van der Waals surface area contributed by atoms with E-state index in [1.165, 1.54) is 0 Å². The molecular formula is C10H13BrN2O2. The Bertz CT molecular complexity index is 368. The lowest BCUT2D eigenvalue weighted by Crippen LogP contribution is -2.31. The zero-order valence-corrected chi connectivity index (χ0v) is 10.2. The second kappa shape index (κ2) is 5.14. The van der Waals surface area contributed by atoms with Crippen LogP contribution in [0.5, 0.6) is 5.75 Å². The van der Waals surface area contributed by atoms with E-state index in [2.05, 4.69) is 21.2 Å². The van der Waals surface area contributed by atoms with Gasteiger partial charge in [-0.3, -0.25) is 4.79 Å². The van der Waals surface area contributed by atoms with Gasteiger partial charge in [0.1, 0.15) is 11.8 Å². The number of nitrogens with one attached hydrogen (secondary N) is 1. The summed E-state index contributed by atoms with van der Waals surface area (Å²) in [6.45, 7) is 0. The first kappa shape index (κ1) is 12.0. The molecule has 1 amide bonds. The van der Waals surface area contributed by atoms with Gasteiger partial charge in [0, 0.05) is 0 Å². The summed E-state index contributed by atoms with van der Waals surface area (Å²) in [7, 11) is 3.27. The van der Waals surface area contributed by atoms with Crippen molar-refractivity contribution in [3.8, 4) is 5.75 Å². The van der Waals surface area contributed by atoms with Crippen molar-refractivity contribution in [2.45, 2.75) is 6.04 Å². The van der Waals surface area contributed by atoms with Crippen LogP contribution in [0.3, 0.4) is 0 Å². The minimum Gasteiger partial charge on any atom is -0.496 e. The summed E-state index contributed by atoms with van der Waals surface area (Å²) in [5, 5.41) is 2.85. The molecule has 0 saturated carbocycles. The fourth-order valence-electron chi connectivity index (χ4n) is 1.34. The molecule has 0 spiro atoms. The molecule has 4 nitrogen and oxygen atoms in total. The predicted octanol–water partition coefficient (Wildman–Crippen LogP) is 1.20. The van der Waals surface area contributed by atoms with Gasteiger partial charge in [0.05, 0.1) is 11.6 Å². The van der Waals surface area contributed by atoms with Crippen molar-refractivity contribution in [2.24, 2.45) is 5.73 Å². The normalized spacial score (nSPS) is 12.2. The quantitative estimate of drug-likeness (QED) is 0.866.